The molecule has 0 aliphatic carbocycles. The first-order chi connectivity index (χ1) is 6.69. The second-order valence-corrected chi connectivity index (χ2v) is 2.97. The Hall–Kier alpha value is -1.55. The molecular formula is C10H14N2O2. The number of ether oxygens (including phenoxy) is 1. The summed E-state index contributed by atoms with van der Waals surface area (Å²) in [5.74, 6) is -0.159. The fourth-order valence-corrected chi connectivity index (χ4v) is 1.27. The normalized spacial score (nSPS) is 12.1. The molecule has 1 aromatic rings. The Morgan fingerprint density at radius 2 is 2.29 bits per heavy atom. The smallest absolute Gasteiger partial charge is 0.226 e. The summed E-state index contributed by atoms with van der Waals surface area (Å²) in [6.07, 6.45) is 0. The van der Waals surface area contributed by atoms with E-state index in [-0.39, 0.29) is 6.54 Å². The van der Waals surface area contributed by atoms with Gasteiger partial charge in [-0.1, -0.05) is 12.1 Å². The Morgan fingerprint density at radius 1 is 1.57 bits per heavy atom. The summed E-state index contributed by atoms with van der Waals surface area (Å²) in [5.41, 5.74) is 11.5. The number of methoxy groups -OCH3 is 1. The van der Waals surface area contributed by atoms with Crippen LogP contribution in [0.2, 0.25) is 0 Å². The van der Waals surface area contributed by atoms with Crippen LogP contribution in [-0.4, -0.2) is 19.6 Å². The fourth-order valence-electron chi connectivity index (χ4n) is 1.27. The molecule has 1 amide bonds. The molecule has 0 saturated carbocycles. The third kappa shape index (κ3) is 2.23. The maximum Gasteiger partial charge on any atom is 0.226 e. The number of carbonyl (C=O) groups is 1. The van der Waals surface area contributed by atoms with Gasteiger partial charge in [0.05, 0.1) is 13.0 Å². The molecule has 0 radical (unpaired) electrons. The van der Waals surface area contributed by atoms with Gasteiger partial charge in [0, 0.05) is 6.54 Å². The summed E-state index contributed by atoms with van der Waals surface area (Å²) >= 11 is 0. The van der Waals surface area contributed by atoms with Gasteiger partial charge < -0.3 is 16.2 Å². The molecule has 1 aromatic carbocycles. The summed E-state index contributed by atoms with van der Waals surface area (Å²) in [5, 5.41) is 0. The standard InChI is InChI=1S/C10H14N2O2/c1-14-8-4-2-3-7(5-8)9(6-11)10(12)13/h2-5,9H,6,11H2,1H3,(H2,12,13). The lowest BCUT2D eigenvalue weighted by molar-refractivity contribution is -0.119. The van der Waals surface area contributed by atoms with E-state index in [0.29, 0.717) is 5.75 Å². The third-order valence-electron chi connectivity index (χ3n) is 2.08. The predicted octanol–water partition coefficient (Wildman–Crippen LogP) is 0.223. The Kier molecular flexibility index (Phi) is 3.48. The number of hydrogen-bond donors (Lipinski definition) is 2. The van der Waals surface area contributed by atoms with Crippen LogP contribution in [-0.2, 0) is 4.79 Å². The topological polar surface area (TPSA) is 78.3 Å². The number of amides is 1. The highest BCUT2D eigenvalue weighted by Gasteiger charge is 2.15. The van der Waals surface area contributed by atoms with E-state index in [4.69, 9.17) is 16.2 Å². The molecule has 14 heavy (non-hydrogen) atoms. The first kappa shape index (κ1) is 10.5. The van der Waals surface area contributed by atoms with Crippen LogP contribution in [0.1, 0.15) is 11.5 Å². The molecule has 1 unspecified atom stereocenters. The minimum Gasteiger partial charge on any atom is -0.497 e. The first-order valence-electron chi connectivity index (χ1n) is 4.32. The fraction of sp³-hybridized carbons (Fsp3) is 0.300. The van der Waals surface area contributed by atoms with Gasteiger partial charge in [-0.25, -0.2) is 0 Å². The molecule has 4 N–H and O–H groups in total. The number of nitrogens with two attached hydrogens (primary N) is 2. The van der Waals surface area contributed by atoms with E-state index >= 15 is 0 Å². The molecule has 1 rings (SSSR count). The predicted molar refractivity (Wildman–Crippen MR) is 54.0 cm³/mol. The van der Waals surface area contributed by atoms with Crippen molar-refractivity contribution >= 4 is 5.91 Å². The van der Waals surface area contributed by atoms with Crippen molar-refractivity contribution in [2.45, 2.75) is 5.92 Å². The number of primary amides is 1. The van der Waals surface area contributed by atoms with Gasteiger partial charge in [-0.05, 0) is 17.7 Å². The average Bonchev–Trinajstić information content (AvgIpc) is 2.19. The minimum atomic E-state index is -0.440. The first-order valence-corrected chi connectivity index (χ1v) is 4.32. The Morgan fingerprint density at radius 3 is 2.79 bits per heavy atom. The highest BCUT2D eigenvalue weighted by molar-refractivity contribution is 5.82. The van der Waals surface area contributed by atoms with Gasteiger partial charge in [0.15, 0.2) is 0 Å². The van der Waals surface area contributed by atoms with E-state index < -0.39 is 11.8 Å². The molecule has 1 atom stereocenters. The summed E-state index contributed by atoms with van der Waals surface area (Å²) in [7, 11) is 1.57. The van der Waals surface area contributed by atoms with Crippen LogP contribution in [0.15, 0.2) is 24.3 Å². The third-order valence-corrected chi connectivity index (χ3v) is 2.08. The Balaban J connectivity index is 2.98. The van der Waals surface area contributed by atoms with Gasteiger partial charge in [-0.2, -0.15) is 0 Å². The lowest BCUT2D eigenvalue weighted by Gasteiger charge is -2.11. The molecule has 0 aromatic heterocycles. The van der Waals surface area contributed by atoms with Crippen LogP contribution >= 0.6 is 0 Å². The van der Waals surface area contributed by atoms with Gasteiger partial charge in [0.1, 0.15) is 5.75 Å². The number of rotatable bonds is 4. The van der Waals surface area contributed by atoms with Crippen molar-refractivity contribution in [1.82, 2.24) is 0 Å². The maximum absolute atomic E-state index is 11.0. The molecule has 0 fully saturated rings. The molecular weight excluding hydrogens is 180 g/mol. The van der Waals surface area contributed by atoms with Gasteiger partial charge in [-0.15, -0.1) is 0 Å². The summed E-state index contributed by atoms with van der Waals surface area (Å²) < 4.78 is 5.04. The average molecular weight is 194 g/mol. The zero-order valence-electron chi connectivity index (χ0n) is 8.07. The van der Waals surface area contributed by atoms with E-state index in [9.17, 15) is 4.79 Å². The van der Waals surface area contributed by atoms with Crippen molar-refractivity contribution < 1.29 is 9.53 Å². The SMILES string of the molecule is COc1cccc(C(CN)C(N)=O)c1. The zero-order valence-corrected chi connectivity index (χ0v) is 8.07. The van der Waals surface area contributed by atoms with Crippen LogP contribution in [0, 0.1) is 0 Å². The quantitative estimate of drug-likeness (QED) is 0.719. The van der Waals surface area contributed by atoms with Crippen LogP contribution < -0.4 is 16.2 Å². The number of hydrogen-bond acceptors (Lipinski definition) is 3. The van der Waals surface area contributed by atoms with Gasteiger partial charge in [-0.3, -0.25) is 4.79 Å². The van der Waals surface area contributed by atoms with Crippen LogP contribution in [0.4, 0.5) is 0 Å². The van der Waals surface area contributed by atoms with Crippen molar-refractivity contribution in [3.05, 3.63) is 29.8 Å². The Labute approximate surface area is 82.8 Å². The van der Waals surface area contributed by atoms with Crippen LogP contribution in [0.25, 0.3) is 0 Å². The Bertz CT molecular complexity index is 326. The van der Waals surface area contributed by atoms with E-state index in [1.165, 1.54) is 0 Å². The molecule has 76 valence electrons. The van der Waals surface area contributed by atoms with Crippen LogP contribution in [0.3, 0.4) is 0 Å². The van der Waals surface area contributed by atoms with Gasteiger partial charge >= 0.3 is 0 Å². The van der Waals surface area contributed by atoms with Crippen molar-refractivity contribution in [3.8, 4) is 5.75 Å². The summed E-state index contributed by atoms with van der Waals surface area (Å²) in [4.78, 5) is 11.0. The maximum atomic E-state index is 11.0. The van der Waals surface area contributed by atoms with Crippen molar-refractivity contribution in [2.24, 2.45) is 11.5 Å². The van der Waals surface area contributed by atoms with E-state index in [0.717, 1.165) is 5.56 Å². The van der Waals surface area contributed by atoms with E-state index in [1.807, 2.05) is 6.07 Å². The zero-order chi connectivity index (χ0) is 10.6. The monoisotopic (exact) mass is 194 g/mol. The lowest BCUT2D eigenvalue weighted by Crippen LogP contribution is -2.27. The molecule has 0 bridgehead atoms. The summed E-state index contributed by atoms with van der Waals surface area (Å²) in [6.45, 7) is 0.211. The van der Waals surface area contributed by atoms with Crippen molar-refractivity contribution in [2.75, 3.05) is 13.7 Å². The second kappa shape index (κ2) is 4.62. The minimum absolute atomic E-state index is 0.211. The molecule has 0 heterocycles. The van der Waals surface area contributed by atoms with Crippen LogP contribution in [0.5, 0.6) is 5.75 Å². The van der Waals surface area contributed by atoms with Crippen molar-refractivity contribution in [1.29, 1.82) is 0 Å². The molecule has 4 nitrogen and oxygen atoms in total. The summed E-state index contributed by atoms with van der Waals surface area (Å²) in [6, 6.07) is 7.19. The molecule has 0 saturated heterocycles. The lowest BCUT2D eigenvalue weighted by atomic mass is 9.98. The molecule has 0 aliphatic rings. The van der Waals surface area contributed by atoms with Gasteiger partial charge in [0.2, 0.25) is 5.91 Å². The molecule has 0 spiro atoms. The van der Waals surface area contributed by atoms with E-state index in [2.05, 4.69) is 0 Å². The number of carbonyl (C=O) groups excluding carboxylic acids is 1. The molecule has 0 aliphatic heterocycles. The largest absolute Gasteiger partial charge is 0.497 e. The highest BCUT2D eigenvalue weighted by Crippen LogP contribution is 2.19. The molecule has 4 heteroatoms. The van der Waals surface area contributed by atoms with Gasteiger partial charge in [0.25, 0.3) is 0 Å². The van der Waals surface area contributed by atoms with E-state index in [1.54, 1.807) is 25.3 Å². The van der Waals surface area contributed by atoms with Crippen molar-refractivity contribution in [3.63, 3.8) is 0 Å². The number of benzene rings is 1. The second-order valence-electron chi connectivity index (χ2n) is 2.97. The highest BCUT2D eigenvalue weighted by atomic mass is 16.5.